The molecule has 0 aliphatic carbocycles. The number of imidazole rings is 1. The zero-order valence-corrected chi connectivity index (χ0v) is 35.5. The molecule has 0 spiro atoms. The Morgan fingerprint density at radius 2 is 1.24 bits per heavy atom. The van der Waals surface area contributed by atoms with Gasteiger partial charge in [-0.25, -0.2) is 4.98 Å². The maximum atomic E-state index is 6.69. The molecule has 294 valence electrons. The van der Waals surface area contributed by atoms with Crippen molar-refractivity contribution in [1.82, 2.24) is 19.1 Å². The van der Waals surface area contributed by atoms with Crippen molar-refractivity contribution in [3.05, 3.63) is 169 Å². The van der Waals surface area contributed by atoms with Crippen molar-refractivity contribution in [2.45, 2.75) is 78.6 Å². The Labute approximate surface area is 347 Å². The highest BCUT2D eigenvalue weighted by Crippen LogP contribution is 2.37. The average molecular weight is 774 g/mol. The summed E-state index contributed by atoms with van der Waals surface area (Å²) < 4.78 is 13.3. The van der Waals surface area contributed by atoms with Crippen LogP contribution in [0.2, 0.25) is 0 Å². The van der Waals surface area contributed by atoms with Crippen molar-refractivity contribution in [2.24, 2.45) is 0 Å². The largest absolute Gasteiger partial charge is 0.456 e. The molecule has 9 rings (SSSR count). The highest BCUT2D eigenvalue weighted by atomic mass is 16.5. The van der Waals surface area contributed by atoms with E-state index in [1.54, 1.807) is 6.20 Å². The first kappa shape index (κ1) is 38.0. The fourth-order valence-corrected chi connectivity index (χ4v) is 7.98. The van der Waals surface area contributed by atoms with Gasteiger partial charge >= 0.3 is 0 Å². The Morgan fingerprint density at radius 1 is 0.559 bits per heavy atom. The first-order valence-corrected chi connectivity index (χ1v) is 20.5. The van der Waals surface area contributed by atoms with Gasteiger partial charge in [-0.1, -0.05) is 135 Å². The van der Waals surface area contributed by atoms with Gasteiger partial charge in [0.2, 0.25) is 0 Å². The number of para-hydroxylation sites is 2. The summed E-state index contributed by atoms with van der Waals surface area (Å²) in [6, 6.07) is 45.2. The minimum atomic E-state index is -0.0445. The second-order valence-corrected chi connectivity index (χ2v) is 18.7. The zero-order chi connectivity index (χ0) is 41.3. The van der Waals surface area contributed by atoms with E-state index in [1.807, 2.05) is 24.5 Å². The van der Waals surface area contributed by atoms with Crippen LogP contribution in [-0.4, -0.2) is 19.1 Å². The lowest BCUT2D eigenvalue weighted by atomic mass is 9.80. The molecule has 5 aromatic carbocycles. The lowest BCUT2D eigenvalue weighted by molar-refractivity contribution is -0.572. The van der Waals surface area contributed by atoms with E-state index in [0.717, 1.165) is 55.8 Å². The molecule has 0 unspecified atom stereocenters. The maximum Gasteiger partial charge on any atom is 0.269 e. The van der Waals surface area contributed by atoms with E-state index in [9.17, 15) is 0 Å². The van der Waals surface area contributed by atoms with E-state index in [0.29, 0.717) is 11.5 Å². The number of rotatable bonds is 6. The quantitative estimate of drug-likeness (QED) is 0.125. The van der Waals surface area contributed by atoms with E-state index in [4.69, 9.17) is 14.7 Å². The smallest absolute Gasteiger partial charge is 0.269 e. The Hall–Kier alpha value is -6.53. The number of benzene rings is 5. The summed E-state index contributed by atoms with van der Waals surface area (Å²) in [4.78, 5) is 9.59. The lowest BCUT2D eigenvalue weighted by Gasteiger charge is -2.26. The minimum absolute atomic E-state index is 0.0145. The fraction of sp³-hybridized carbons (Fsp3) is 0.226. The summed E-state index contributed by atoms with van der Waals surface area (Å²) in [6.45, 7) is 20.4. The molecule has 0 amide bonds. The molecule has 0 bridgehead atoms. The van der Waals surface area contributed by atoms with Crippen molar-refractivity contribution in [3.63, 3.8) is 0 Å². The topological polar surface area (TPSA) is 48.8 Å². The first-order valence-electron chi connectivity index (χ1n) is 20.5. The van der Waals surface area contributed by atoms with Crippen molar-refractivity contribution in [3.8, 4) is 39.8 Å². The van der Waals surface area contributed by atoms with E-state index in [2.05, 4.69) is 198 Å². The summed E-state index contributed by atoms with van der Waals surface area (Å²) in [7, 11) is 0. The van der Waals surface area contributed by atoms with Crippen LogP contribution in [0.3, 0.4) is 0 Å². The van der Waals surface area contributed by atoms with E-state index < -0.39 is 0 Å². The lowest BCUT2D eigenvalue weighted by Crippen LogP contribution is -2.32. The van der Waals surface area contributed by atoms with Crippen LogP contribution in [0.4, 0.5) is 0 Å². The van der Waals surface area contributed by atoms with Crippen LogP contribution in [0, 0.1) is 6.33 Å². The van der Waals surface area contributed by atoms with Crippen molar-refractivity contribution < 1.29 is 9.30 Å². The molecule has 0 fully saturated rings. The first-order chi connectivity index (χ1) is 28.1. The van der Waals surface area contributed by atoms with Gasteiger partial charge in [0.25, 0.3) is 6.33 Å². The SMILES string of the molecule is CC(C)(C)c1cc(-[n+]2[c-]n(-c3cncc(Oc4ccc5c6ccccc6n(-c6cc(C(C)(C)C)ccn6)c5c4)c3)c3cccc(-c4ccccc4)c32)cc(C(C)(C)C)c1. The molecule has 6 nitrogen and oxygen atoms in total. The second kappa shape index (κ2) is 14.1. The van der Waals surface area contributed by atoms with Gasteiger partial charge in [0.1, 0.15) is 17.3 Å². The van der Waals surface area contributed by atoms with Crippen molar-refractivity contribution in [1.29, 1.82) is 0 Å². The normalized spacial score (nSPS) is 12.5. The highest BCUT2D eigenvalue weighted by molar-refractivity contribution is 6.09. The summed E-state index contributed by atoms with van der Waals surface area (Å²) in [5.74, 6) is 2.22. The molecular weight excluding hydrogens is 723 g/mol. The molecule has 0 saturated carbocycles. The van der Waals surface area contributed by atoms with E-state index in [1.165, 1.54) is 22.1 Å². The molecule has 0 aliphatic rings. The van der Waals surface area contributed by atoms with Crippen LogP contribution in [0.25, 0.3) is 61.2 Å². The molecule has 0 atom stereocenters. The molecule has 0 saturated heterocycles. The summed E-state index contributed by atoms with van der Waals surface area (Å²) in [5.41, 5.74) is 12.1. The Morgan fingerprint density at radius 3 is 1.97 bits per heavy atom. The number of hydrogen-bond donors (Lipinski definition) is 0. The molecule has 4 heterocycles. The Kier molecular flexibility index (Phi) is 9.08. The van der Waals surface area contributed by atoms with E-state index >= 15 is 0 Å². The number of fused-ring (bicyclic) bond motifs is 4. The Bertz CT molecular complexity index is 2990. The van der Waals surface area contributed by atoms with Gasteiger partial charge in [0.05, 0.1) is 39.6 Å². The van der Waals surface area contributed by atoms with Crippen LogP contribution in [-0.2, 0) is 16.2 Å². The van der Waals surface area contributed by atoms with Crippen molar-refractivity contribution >= 4 is 32.8 Å². The summed E-state index contributed by atoms with van der Waals surface area (Å²) >= 11 is 0. The number of nitrogens with zero attached hydrogens (tertiary/aromatic N) is 5. The number of hydrogen-bond acceptors (Lipinski definition) is 3. The van der Waals surface area contributed by atoms with Gasteiger partial charge in [0.15, 0.2) is 0 Å². The van der Waals surface area contributed by atoms with Gasteiger partial charge < -0.3 is 4.74 Å². The van der Waals surface area contributed by atoms with Gasteiger partial charge in [-0.15, -0.1) is 0 Å². The van der Waals surface area contributed by atoms with Crippen LogP contribution < -0.4 is 9.30 Å². The monoisotopic (exact) mass is 773 g/mol. The molecule has 59 heavy (non-hydrogen) atoms. The van der Waals surface area contributed by atoms with Crippen LogP contribution in [0.1, 0.15) is 79.0 Å². The molecular formula is C53H51N5O. The number of pyridine rings is 2. The summed E-state index contributed by atoms with van der Waals surface area (Å²) in [6.07, 6.45) is 9.35. The van der Waals surface area contributed by atoms with Crippen LogP contribution >= 0.6 is 0 Å². The minimum Gasteiger partial charge on any atom is -0.456 e. The third kappa shape index (κ3) is 7.07. The van der Waals surface area contributed by atoms with Crippen molar-refractivity contribution in [2.75, 3.05) is 0 Å². The van der Waals surface area contributed by atoms with Gasteiger partial charge in [-0.2, -0.15) is 0 Å². The summed E-state index contributed by atoms with van der Waals surface area (Å²) in [5, 5.41) is 2.31. The molecule has 0 aliphatic heterocycles. The fourth-order valence-electron chi connectivity index (χ4n) is 7.98. The maximum absolute atomic E-state index is 6.69. The standard InChI is InChI=1S/C53H51N5O/c1-51(2,3)36-24-25-55-49(29-36)58-46-20-14-13-18-44(46)45-23-22-41(31-48(45)58)59-42-30-40(32-54-33-42)56-34-57(39-27-37(52(4,5)6)26-38(28-39)53(7,8)9)50-43(19-15-21-47(50)56)35-16-11-10-12-17-35/h10-33H,1-9H3. The average Bonchev–Trinajstić information content (AvgIpc) is 3.77. The Balaban J connectivity index is 1.18. The molecule has 0 radical (unpaired) electrons. The van der Waals surface area contributed by atoms with Gasteiger partial charge in [0, 0.05) is 29.2 Å². The van der Waals surface area contributed by atoms with Gasteiger partial charge in [-0.3, -0.25) is 18.7 Å². The third-order valence-corrected chi connectivity index (χ3v) is 11.4. The zero-order valence-electron chi connectivity index (χ0n) is 35.5. The highest BCUT2D eigenvalue weighted by Gasteiger charge is 2.24. The predicted octanol–water partition coefficient (Wildman–Crippen LogP) is 12.9. The molecule has 4 aromatic heterocycles. The molecule has 6 heteroatoms. The number of aromatic nitrogens is 5. The number of ether oxygens (including phenoxy) is 1. The van der Waals surface area contributed by atoms with Crippen LogP contribution in [0.5, 0.6) is 11.5 Å². The second-order valence-electron chi connectivity index (χ2n) is 18.7. The van der Waals surface area contributed by atoms with E-state index in [-0.39, 0.29) is 16.2 Å². The molecule has 9 aromatic rings. The van der Waals surface area contributed by atoms with Gasteiger partial charge in [-0.05, 0) is 92.6 Å². The molecule has 0 N–H and O–H groups in total. The predicted molar refractivity (Wildman–Crippen MR) is 242 cm³/mol. The third-order valence-electron chi connectivity index (χ3n) is 11.4. The van der Waals surface area contributed by atoms with Crippen LogP contribution in [0.15, 0.2) is 146 Å².